The summed E-state index contributed by atoms with van der Waals surface area (Å²) in [6, 6.07) is 8.14. The zero-order valence-electron chi connectivity index (χ0n) is 59.3. The molecule has 1 aromatic rings. The van der Waals surface area contributed by atoms with Crippen LogP contribution in [0, 0.1) is 0 Å². The van der Waals surface area contributed by atoms with E-state index in [0.717, 1.165) is 14.2 Å². The molecular weight excluding hydrogens is 1650 g/mol. The third-order valence-electron chi connectivity index (χ3n) is 18.6. The largest absolute Gasteiger partial charge is 0.469 e. The summed E-state index contributed by atoms with van der Waals surface area (Å²) < 4.78 is 110. The normalized spacial score (nSPS) is 37.9. The Balaban J connectivity index is 0.000000135. The highest BCUT2D eigenvalue weighted by Gasteiger charge is 2.68. The summed E-state index contributed by atoms with van der Waals surface area (Å²) in [5.74, 6) is -11.7. The van der Waals surface area contributed by atoms with Crippen LogP contribution in [0.5, 0.6) is 0 Å². The number of ketones is 5. The molecule has 5 amide bonds. The highest BCUT2D eigenvalue weighted by atomic mass is 127. The Morgan fingerprint density at radius 2 is 0.897 bits per heavy atom. The standard InChI is InChI=1S/C20H20FNO7.C13H15FINO5.C13H16INO5.C13H15NO5.C11H15NO6/c1-19(2)27-15-16(28-19)20(21,11-26-18(25)12-6-4-3-5-7-12)29-17(15)22-9-8-13(23)10-14(22)24;1-12(2)19-9-10(20-12)13(14,6-15)21-11(9)16-4-3-7(17)5-8(16)18;1-13(2)19-10-8(6-14)18-12(11(10)20-13)15-4-3-7(16)5-9(15)17;1-7-10-11(19-13(2,3)18-10)12(17-7)14-5-4-8(15)6-9(14)16;1-11(17)9(16)7(5-13)18-10(11)12-3-2-6(14)4-8(12)15/h3-9,15-17H,10-11H2,1-2H3;3-4,9-11H,5-6H2,1-2H3;3-4,8,10-12H,5-6H2,1-2H3;4-5,10-12H,1,6H2,2-3H3;2-3,7,9-10,13,16-17H,4-5H2,1H3/t15-,16+,17-,20-;9-,10+,11-,13-;8-,10-,11-,12-;10-,11-,12-;7-,9-,10-,11-/m11111/s1. The van der Waals surface area contributed by atoms with Gasteiger partial charge in [0.05, 0.1) is 54.8 Å². The van der Waals surface area contributed by atoms with E-state index < -0.39 is 151 Å². The maximum atomic E-state index is 15.8. The van der Waals surface area contributed by atoms with Gasteiger partial charge < -0.3 is 81.6 Å². The Morgan fingerprint density at radius 1 is 0.505 bits per heavy atom. The second-order valence-corrected chi connectivity index (χ2v) is 30.3. The van der Waals surface area contributed by atoms with E-state index in [-0.39, 0.29) is 107 Å². The molecule has 37 heteroatoms. The van der Waals surface area contributed by atoms with Gasteiger partial charge in [-0.3, -0.25) is 72.4 Å². The first-order chi connectivity index (χ1) is 50.1. The molecule has 0 spiro atoms. The minimum absolute atomic E-state index is 0.0482. The van der Waals surface area contributed by atoms with Gasteiger partial charge in [0.25, 0.3) is 5.85 Å². The molecule has 9 saturated heterocycles. The Labute approximate surface area is 638 Å². The number of carbonyl (C=O) groups excluding carboxylic acids is 11. The van der Waals surface area contributed by atoms with Gasteiger partial charge in [0.1, 0.15) is 54.1 Å². The number of esters is 1. The Morgan fingerprint density at radius 3 is 1.34 bits per heavy atom. The number of allylic oxidation sites excluding steroid dienone is 5. The molecule has 0 unspecified atom stereocenters. The highest BCUT2D eigenvalue weighted by molar-refractivity contribution is 14.1. The summed E-state index contributed by atoms with van der Waals surface area (Å²) in [5, 5.41) is 29.0. The Bertz CT molecular complexity index is 3890. The zero-order chi connectivity index (χ0) is 78.0. The van der Waals surface area contributed by atoms with Gasteiger partial charge in [-0.2, -0.15) is 0 Å². The molecule has 0 aromatic heterocycles. The summed E-state index contributed by atoms with van der Waals surface area (Å²) in [5.41, 5.74) is -1.45. The van der Waals surface area contributed by atoms with Crippen molar-refractivity contribution in [2.24, 2.45) is 0 Å². The first-order valence-corrected chi connectivity index (χ1v) is 36.9. The molecule has 9 fully saturated rings. The van der Waals surface area contributed by atoms with Crippen molar-refractivity contribution < 1.29 is 143 Å². The quantitative estimate of drug-likeness (QED) is 0.124. The molecule has 14 aliphatic heterocycles. The summed E-state index contributed by atoms with van der Waals surface area (Å²) in [6.07, 6.45) is 0.0541. The van der Waals surface area contributed by atoms with E-state index >= 15 is 4.39 Å². The molecule has 107 heavy (non-hydrogen) atoms. The molecule has 0 bridgehead atoms. The monoisotopic (exact) mass is 1730 g/mol. The number of nitrogens with zero attached hydrogens (tertiary/aromatic N) is 5. The number of benzene rings is 1. The van der Waals surface area contributed by atoms with E-state index in [4.69, 9.17) is 71.4 Å². The molecule has 15 rings (SSSR count). The summed E-state index contributed by atoms with van der Waals surface area (Å²) in [7, 11) is 0. The maximum Gasteiger partial charge on any atom is 0.338 e. The van der Waals surface area contributed by atoms with Gasteiger partial charge in [-0.25, -0.2) is 13.6 Å². The van der Waals surface area contributed by atoms with Crippen LogP contribution in [-0.2, 0) is 114 Å². The summed E-state index contributed by atoms with van der Waals surface area (Å²) >= 11 is 4.10. The number of halogens is 4. The van der Waals surface area contributed by atoms with Crippen molar-refractivity contribution >= 4 is 110 Å². The fourth-order valence-electron chi connectivity index (χ4n) is 13.8. The van der Waals surface area contributed by atoms with Crippen molar-refractivity contribution in [1.82, 2.24) is 24.5 Å². The van der Waals surface area contributed by atoms with Crippen molar-refractivity contribution in [2.75, 3.05) is 22.1 Å². The van der Waals surface area contributed by atoms with Gasteiger partial charge in [-0.1, -0.05) is 70.0 Å². The summed E-state index contributed by atoms with van der Waals surface area (Å²) in [6.45, 7) is 17.8. The lowest BCUT2D eigenvalue weighted by atomic mass is 9.95. The van der Waals surface area contributed by atoms with Crippen LogP contribution in [-0.4, -0.2) is 265 Å². The predicted molar refractivity (Wildman–Crippen MR) is 370 cm³/mol. The minimum Gasteiger partial charge on any atom is -0.469 e. The number of amides is 5. The van der Waals surface area contributed by atoms with Crippen LogP contribution in [0.15, 0.2) is 104 Å². The molecule has 0 aliphatic carbocycles. The lowest BCUT2D eigenvalue weighted by Crippen LogP contribution is -2.54. The smallest absolute Gasteiger partial charge is 0.338 e. The summed E-state index contributed by atoms with van der Waals surface area (Å²) in [4.78, 5) is 134. The van der Waals surface area contributed by atoms with Crippen molar-refractivity contribution in [3.63, 3.8) is 0 Å². The van der Waals surface area contributed by atoms with Gasteiger partial charge in [0.2, 0.25) is 41.6 Å². The number of aliphatic hydroxyl groups excluding tert-OH is 2. The van der Waals surface area contributed by atoms with E-state index in [0.29, 0.717) is 5.76 Å². The second kappa shape index (κ2) is 31.3. The van der Waals surface area contributed by atoms with Crippen LogP contribution in [0.25, 0.3) is 0 Å². The van der Waals surface area contributed by atoms with Crippen LogP contribution in [0.4, 0.5) is 8.78 Å². The Kier molecular flexibility index (Phi) is 23.8. The number of alkyl halides is 4. The van der Waals surface area contributed by atoms with E-state index in [1.807, 2.05) is 36.4 Å². The Hall–Kier alpha value is -6.65. The SMILES string of the molecule is C=C1O[C@@H](N2C=CC(=O)CC2=O)[C@@H]2OC(C)(C)O[C@H]12.CC1(C)O[C@@H]2[C@H](O1)[C@@H](CI)O[C@H]2N1C=CC(=O)CC1=O.CC1(C)O[C@H]2[C@H](N3C=CC(=O)CC3=O)O[C@](F)(CI)[C@H]2O1.CC1(C)O[C@H]2[C@H](N3C=CC(=O)CC3=O)O[C@](F)(COC(=O)c3ccccc3)[C@H]2O1.C[C@@]1(O)[C@H](O)[C@@H](CO)O[C@H]1N1C=CC(=O)CC1=O. The van der Waals surface area contributed by atoms with Crippen LogP contribution in [0.3, 0.4) is 0 Å². The van der Waals surface area contributed by atoms with Gasteiger partial charge in [0, 0.05) is 35.4 Å². The fourth-order valence-corrected chi connectivity index (χ4v) is 15.1. The van der Waals surface area contributed by atoms with Crippen molar-refractivity contribution in [1.29, 1.82) is 0 Å². The van der Waals surface area contributed by atoms with Crippen molar-refractivity contribution in [2.45, 2.75) is 233 Å². The van der Waals surface area contributed by atoms with Crippen molar-refractivity contribution in [3.8, 4) is 0 Å². The molecule has 3 N–H and O–H groups in total. The number of hydrogen-bond donors (Lipinski definition) is 3. The van der Waals surface area contributed by atoms with Crippen LogP contribution in [0.2, 0.25) is 0 Å². The number of ether oxygens (including phenoxy) is 14. The molecule has 33 nitrogen and oxygen atoms in total. The second-order valence-electron chi connectivity index (χ2n) is 28.7. The van der Waals surface area contributed by atoms with Gasteiger partial charge in [0.15, 0.2) is 102 Å². The molecular formula is C70H81F2I2N5O28. The lowest BCUT2D eigenvalue weighted by Gasteiger charge is -2.34. The average molecular weight is 1730 g/mol. The number of rotatable bonds is 11. The number of hydrogen-bond acceptors (Lipinski definition) is 28. The van der Waals surface area contributed by atoms with Gasteiger partial charge in [-0.15, -0.1) is 0 Å². The molecule has 0 radical (unpaired) electrons. The van der Waals surface area contributed by atoms with E-state index in [2.05, 4.69) is 29.2 Å². The first-order valence-electron chi connectivity index (χ1n) is 33.9. The zero-order valence-corrected chi connectivity index (χ0v) is 63.6. The van der Waals surface area contributed by atoms with Gasteiger partial charge in [-0.05, 0) is 105 Å². The molecule has 1 aromatic carbocycles. The number of aliphatic hydroxyl groups is 3. The van der Waals surface area contributed by atoms with Gasteiger partial charge >= 0.3 is 5.97 Å². The van der Waals surface area contributed by atoms with Crippen molar-refractivity contribution in [3.05, 3.63) is 110 Å². The molecule has 19 atom stereocenters. The number of carbonyl (C=O) groups is 11. The van der Waals surface area contributed by atoms with E-state index in [1.165, 1.54) is 83.0 Å². The average Bonchev–Trinajstić information content (AvgIpc) is 1.59. The maximum absolute atomic E-state index is 15.8. The topological polar surface area (TPSA) is 394 Å². The molecule has 14 heterocycles. The molecule has 582 valence electrons. The molecule has 14 aliphatic rings. The van der Waals surface area contributed by atoms with Crippen LogP contribution < -0.4 is 0 Å². The minimum atomic E-state index is -2.54. The van der Waals surface area contributed by atoms with E-state index in [9.17, 15) is 67.3 Å². The first kappa shape index (κ1) is 81.3. The highest BCUT2D eigenvalue weighted by Crippen LogP contribution is 2.50. The number of fused-ring (bicyclic) bond motifs is 4. The molecule has 0 saturated carbocycles. The lowest BCUT2D eigenvalue weighted by molar-refractivity contribution is -0.267. The van der Waals surface area contributed by atoms with E-state index in [1.54, 1.807) is 71.9 Å². The fraction of sp³-hybridized carbons (Fsp3) is 0.586. The predicted octanol–water partition coefficient (Wildman–Crippen LogP) is 2.78. The van der Waals surface area contributed by atoms with Crippen LogP contribution >= 0.6 is 45.2 Å². The third kappa shape index (κ3) is 17.3. The third-order valence-corrected chi connectivity index (χ3v) is 20.5. The van der Waals surface area contributed by atoms with Crippen LogP contribution in [0.1, 0.15) is 105 Å².